The first-order valence-electron chi connectivity index (χ1n) is 5.19. The van der Waals surface area contributed by atoms with Gasteiger partial charge in [0.25, 0.3) is 0 Å². The molecule has 0 amide bonds. The molecule has 0 aromatic carbocycles. The molecule has 1 aromatic heterocycles. The van der Waals surface area contributed by atoms with Gasteiger partial charge in [-0.05, 0) is 26.2 Å². The fourth-order valence-corrected chi connectivity index (χ4v) is 1.73. The van der Waals surface area contributed by atoms with Crippen LogP contribution in [0.5, 0.6) is 0 Å². The average molecular weight is 189 g/mol. The molecule has 1 N–H and O–H groups in total. The standard InChI is InChI=1S/C11H15N3/c1-3-4-9-8(2)13-10(14-9)11(7-12)5-6-11/h3-6H2,1-2H3,(H,13,14). The second-order valence-corrected chi connectivity index (χ2v) is 4.10. The largest absolute Gasteiger partial charge is 0.345 e. The first kappa shape index (κ1) is 9.26. The van der Waals surface area contributed by atoms with E-state index in [4.69, 9.17) is 5.26 Å². The van der Waals surface area contributed by atoms with Crippen molar-refractivity contribution < 1.29 is 0 Å². The summed E-state index contributed by atoms with van der Waals surface area (Å²) in [7, 11) is 0. The molecular formula is C11H15N3. The molecule has 1 aromatic rings. The Bertz CT molecular complexity index is 380. The first-order chi connectivity index (χ1) is 6.72. The van der Waals surface area contributed by atoms with E-state index in [1.807, 2.05) is 6.92 Å². The fraction of sp³-hybridized carbons (Fsp3) is 0.636. The van der Waals surface area contributed by atoms with Crippen LogP contribution in [0.1, 0.15) is 43.4 Å². The lowest BCUT2D eigenvalue weighted by Gasteiger charge is -1.98. The van der Waals surface area contributed by atoms with Gasteiger partial charge in [0.2, 0.25) is 0 Å². The molecule has 0 atom stereocenters. The van der Waals surface area contributed by atoms with E-state index in [1.165, 1.54) is 0 Å². The van der Waals surface area contributed by atoms with Crippen molar-refractivity contribution in [1.82, 2.24) is 9.97 Å². The van der Waals surface area contributed by atoms with E-state index < -0.39 is 0 Å². The third-order valence-electron chi connectivity index (χ3n) is 2.89. The maximum absolute atomic E-state index is 9.03. The van der Waals surface area contributed by atoms with Crippen molar-refractivity contribution in [2.75, 3.05) is 0 Å². The summed E-state index contributed by atoms with van der Waals surface area (Å²) in [4.78, 5) is 7.78. The normalized spacial score (nSPS) is 17.8. The molecule has 0 unspecified atom stereocenters. The Hall–Kier alpha value is -1.30. The fourth-order valence-electron chi connectivity index (χ4n) is 1.73. The third kappa shape index (κ3) is 1.31. The van der Waals surface area contributed by atoms with Crippen LogP contribution < -0.4 is 0 Å². The van der Waals surface area contributed by atoms with E-state index >= 15 is 0 Å². The van der Waals surface area contributed by atoms with E-state index in [2.05, 4.69) is 23.0 Å². The maximum atomic E-state index is 9.03. The molecule has 2 rings (SSSR count). The van der Waals surface area contributed by atoms with Gasteiger partial charge in [0, 0.05) is 5.69 Å². The van der Waals surface area contributed by atoms with E-state index in [0.717, 1.165) is 42.9 Å². The lowest BCUT2D eigenvalue weighted by molar-refractivity contribution is 0.805. The summed E-state index contributed by atoms with van der Waals surface area (Å²) >= 11 is 0. The zero-order valence-corrected chi connectivity index (χ0v) is 8.72. The number of rotatable bonds is 3. The van der Waals surface area contributed by atoms with Crippen LogP contribution in [0.3, 0.4) is 0 Å². The van der Waals surface area contributed by atoms with E-state index in [9.17, 15) is 0 Å². The zero-order chi connectivity index (χ0) is 10.2. The van der Waals surface area contributed by atoms with Crippen molar-refractivity contribution in [2.24, 2.45) is 0 Å². The maximum Gasteiger partial charge on any atom is 0.127 e. The molecule has 1 fully saturated rings. The van der Waals surface area contributed by atoms with Crippen molar-refractivity contribution in [3.8, 4) is 6.07 Å². The SMILES string of the molecule is CCCc1nc(C2(C#N)CC2)[nH]c1C. The summed E-state index contributed by atoms with van der Waals surface area (Å²) in [6.07, 6.45) is 4.03. The van der Waals surface area contributed by atoms with Crippen molar-refractivity contribution in [3.05, 3.63) is 17.2 Å². The van der Waals surface area contributed by atoms with Crippen LogP contribution in [0.4, 0.5) is 0 Å². The number of hydrogen-bond donors (Lipinski definition) is 1. The Morgan fingerprint density at radius 1 is 1.57 bits per heavy atom. The highest BCUT2D eigenvalue weighted by molar-refractivity contribution is 5.32. The molecule has 0 bridgehead atoms. The van der Waals surface area contributed by atoms with Gasteiger partial charge in [0.15, 0.2) is 0 Å². The van der Waals surface area contributed by atoms with Gasteiger partial charge in [0.1, 0.15) is 11.2 Å². The number of nitrogens with one attached hydrogen (secondary N) is 1. The second-order valence-electron chi connectivity index (χ2n) is 4.10. The monoisotopic (exact) mass is 189 g/mol. The van der Waals surface area contributed by atoms with Crippen LogP contribution in [0.2, 0.25) is 0 Å². The number of aromatic nitrogens is 2. The molecular weight excluding hydrogens is 174 g/mol. The highest BCUT2D eigenvalue weighted by atomic mass is 15.0. The van der Waals surface area contributed by atoms with Gasteiger partial charge >= 0.3 is 0 Å². The quantitative estimate of drug-likeness (QED) is 0.792. The van der Waals surface area contributed by atoms with Crippen molar-refractivity contribution in [3.63, 3.8) is 0 Å². The van der Waals surface area contributed by atoms with Crippen molar-refractivity contribution >= 4 is 0 Å². The number of nitrogens with zero attached hydrogens (tertiary/aromatic N) is 2. The predicted molar refractivity (Wildman–Crippen MR) is 53.8 cm³/mol. The lowest BCUT2D eigenvalue weighted by atomic mass is 10.1. The molecule has 1 heterocycles. The number of nitriles is 1. The van der Waals surface area contributed by atoms with Gasteiger partial charge in [-0.15, -0.1) is 0 Å². The van der Waals surface area contributed by atoms with Crippen LogP contribution in [0, 0.1) is 18.3 Å². The van der Waals surface area contributed by atoms with Crippen molar-refractivity contribution in [2.45, 2.75) is 44.9 Å². The summed E-state index contributed by atoms with van der Waals surface area (Å²) in [5, 5.41) is 9.03. The van der Waals surface area contributed by atoms with Gasteiger partial charge in [0.05, 0.1) is 11.8 Å². The van der Waals surface area contributed by atoms with Gasteiger partial charge in [-0.25, -0.2) is 4.98 Å². The van der Waals surface area contributed by atoms with Gasteiger partial charge in [-0.2, -0.15) is 5.26 Å². The van der Waals surface area contributed by atoms with Gasteiger partial charge in [-0.1, -0.05) is 13.3 Å². The number of hydrogen-bond acceptors (Lipinski definition) is 2. The molecule has 3 nitrogen and oxygen atoms in total. The Kier molecular flexibility index (Phi) is 2.07. The number of H-pyrrole nitrogens is 1. The average Bonchev–Trinajstić information content (AvgIpc) is 2.89. The first-order valence-corrected chi connectivity index (χ1v) is 5.19. The molecule has 1 aliphatic rings. The minimum Gasteiger partial charge on any atom is -0.345 e. The molecule has 0 radical (unpaired) electrons. The molecule has 0 saturated heterocycles. The van der Waals surface area contributed by atoms with Crippen LogP contribution >= 0.6 is 0 Å². The zero-order valence-electron chi connectivity index (χ0n) is 8.72. The van der Waals surface area contributed by atoms with Crippen molar-refractivity contribution in [1.29, 1.82) is 5.26 Å². The number of imidazole rings is 1. The Labute approximate surface area is 84.2 Å². The van der Waals surface area contributed by atoms with Crippen LogP contribution in [0.15, 0.2) is 0 Å². The summed E-state index contributed by atoms with van der Waals surface area (Å²) in [6.45, 7) is 4.18. The number of aromatic amines is 1. The van der Waals surface area contributed by atoms with Crippen LogP contribution in [-0.4, -0.2) is 9.97 Å². The van der Waals surface area contributed by atoms with Crippen LogP contribution in [0.25, 0.3) is 0 Å². The van der Waals surface area contributed by atoms with E-state index in [0.29, 0.717) is 0 Å². The third-order valence-corrected chi connectivity index (χ3v) is 2.89. The summed E-state index contributed by atoms with van der Waals surface area (Å²) < 4.78 is 0. The Morgan fingerprint density at radius 3 is 2.79 bits per heavy atom. The van der Waals surface area contributed by atoms with E-state index in [1.54, 1.807) is 0 Å². The molecule has 0 spiro atoms. The summed E-state index contributed by atoms with van der Waals surface area (Å²) in [5.74, 6) is 0.890. The van der Waals surface area contributed by atoms with Crippen LogP contribution in [-0.2, 0) is 11.8 Å². The minimum absolute atomic E-state index is 0.267. The van der Waals surface area contributed by atoms with E-state index in [-0.39, 0.29) is 5.41 Å². The molecule has 0 aliphatic heterocycles. The molecule has 1 aliphatic carbocycles. The molecule has 14 heavy (non-hydrogen) atoms. The topological polar surface area (TPSA) is 52.5 Å². The van der Waals surface area contributed by atoms with Gasteiger partial charge < -0.3 is 4.98 Å². The second kappa shape index (κ2) is 3.13. The lowest BCUT2D eigenvalue weighted by Crippen LogP contribution is -2.05. The number of aryl methyl sites for hydroxylation is 2. The predicted octanol–water partition coefficient (Wildman–Crippen LogP) is 2.23. The minimum atomic E-state index is -0.267. The molecule has 1 saturated carbocycles. The molecule has 3 heteroatoms. The summed E-state index contributed by atoms with van der Waals surface area (Å²) in [5.41, 5.74) is 1.99. The highest BCUT2D eigenvalue weighted by Crippen LogP contribution is 2.46. The highest BCUT2D eigenvalue weighted by Gasteiger charge is 2.47. The Morgan fingerprint density at radius 2 is 2.29 bits per heavy atom. The smallest absolute Gasteiger partial charge is 0.127 e. The van der Waals surface area contributed by atoms with Gasteiger partial charge in [-0.3, -0.25) is 0 Å². The molecule has 74 valence electrons. The Balaban J connectivity index is 2.29. The summed E-state index contributed by atoms with van der Waals surface area (Å²) in [6, 6.07) is 2.36.